The second-order valence-electron chi connectivity index (χ2n) is 7.86. The molecule has 2 N–H and O–H groups in total. The molecular formula is C23H21F3N2O5S2. The van der Waals surface area contributed by atoms with Crippen molar-refractivity contribution in [2.75, 3.05) is 0 Å². The van der Waals surface area contributed by atoms with Crippen LogP contribution in [0.4, 0.5) is 13.2 Å². The molecule has 0 saturated heterocycles. The molecule has 0 aliphatic carbocycles. The Kier molecular flexibility index (Phi) is 7.77. The Labute approximate surface area is 204 Å². The average Bonchev–Trinajstić information content (AvgIpc) is 2.78. The van der Waals surface area contributed by atoms with Gasteiger partial charge in [-0.25, -0.2) is 13.4 Å². The van der Waals surface area contributed by atoms with Gasteiger partial charge in [0.25, 0.3) is 0 Å². The highest BCUT2D eigenvalue weighted by molar-refractivity contribution is 8.00. The Morgan fingerprint density at radius 1 is 1.00 bits per heavy atom. The number of carboxylic acid groups (broad SMARTS) is 1. The van der Waals surface area contributed by atoms with E-state index >= 15 is 0 Å². The number of benzene rings is 2. The van der Waals surface area contributed by atoms with Crippen molar-refractivity contribution in [3.05, 3.63) is 78.5 Å². The number of ether oxygens (including phenoxy) is 1. The Bertz CT molecular complexity index is 1270. The molecule has 3 rings (SSSR count). The van der Waals surface area contributed by atoms with Gasteiger partial charge in [0, 0.05) is 10.9 Å². The molecule has 0 bridgehead atoms. The SMILES string of the molecule is CC(C)(Sc1ccccn1)[C@H](NS(=O)(=O)c1ccc(Oc2ccc(C(F)(F)F)cc2)cc1)C(=O)O. The number of carboxylic acids is 1. The molecule has 186 valence electrons. The first-order chi connectivity index (χ1) is 16.3. The lowest BCUT2D eigenvalue weighted by Crippen LogP contribution is -2.52. The number of hydrogen-bond donors (Lipinski definition) is 2. The number of alkyl halides is 3. The van der Waals surface area contributed by atoms with Crippen LogP contribution in [0.5, 0.6) is 11.5 Å². The summed E-state index contributed by atoms with van der Waals surface area (Å²) in [5.74, 6) is -1.04. The average molecular weight is 527 g/mol. The van der Waals surface area contributed by atoms with Crippen LogP contribution >= 0.6 is 11.8 Å². The maximum Gasteiger partial charge on any atom is 0.416 e. The zero-order valence-corrected chi connectivity index (χ0v) is 20.1. The fourth-order valence-electron chi connectivity index (χ4n) is 2.98. The molecule has 0 unspecified atom stereocenters. The molecular weight excluding hydrogens is 505 g/mol. The summed E-state index contributed by atoms with van der Waals surface area (Å²) in [6.07, 6.45) is -2.92. The molecule has 0 radical (unpaired) electrons. The minimum atomic E-state index is -4.47. The molecule has 1 atom stereocenters. The van der Waals surface area contributed by atoms with Crippen LogP contribution in [-0.4, -0.2) is 35.3 Å². The van der Waals surface area contributed by atoms with Crippen LogP contribution in [0.3, 0.4) is 0 Å². The van der Waals surface area contributed by atoms with Crippen LogP contribution in [0.2, 0.25) is 0 Å². The fraction of sp³-hybridized carbons (Fsp3) is 0.217. The second kappa shape index (κ2) is 10.3. The number of sulfonamides is 1. The number of nitrogens with zero attached hydrogens (tertiary/aromatic N) is 1. The van der Waals surface area contributed by atoms with Gasteiger partial charge in [-0.05, 0) is 74.5 Å². The summed E-state index contributed by atoms with van der Waals surface area (Å²) in [6.45, 7) is 3.18. The Morgan fingerprint density at radius 3 is 2.06 bits per heavy atom. The van der Waals surface area contributed by atoms with E-state index in [0.29, 0.717) is 5.03 Å². The normalized spacial score (nSPS) is 13.3. The molecule has 12 heteroatoms. The third-order valence-corrected chi connectivity index (χ3v) is 7.42. The van der Waals surface area contributed by atoms with Crippen LogP contribution in [0.25, 0.3) is 0 Å². The van der Waals surface area contributed by atoms with Gasteiger partial charge >= 0.3 is 12.1 Å². The number of carbonyl (C=O) groups is 1. The van der Waals surface area contributed by atoms with Gasteiger partial charge < -0.3 is 9.84 Å². The molecule has 0 amide bonds. The third-order valence-electron chi connectivity index (χ3n) is 4.77. The topological polar surface area (TPSA) is 106 Å². The number of rotatable bonds is 9. The van der Waals surface area contributed by atoms with E-state index in [1.807, 2.05) is 0 Å². The van der Waals surface area contributed by atoms with Crippen molar-refractivity contribution in [1.82, 2.24) is 9.71 Å². The summed E-state index contributed by atoms with van der Waals surface area (Å²) in [6, 6.07) is 12.7. The van der Waals surface area contributed by atoms with Gasteiger partial charge in [0.1, 0.15) is 17.5 Å². The Morgan fingerprint density at radius 2 is 1.57 bits per heavy atom. The number of halogens is 3. The largest absolute Gasteiger partial charge is 0.480 e. The number of pyridine rings is 1. The smallest absolute Gasteiger partial charge is 0.416 e. The molecule has 0 saturated carbocycles. The van der Waals surface area contributed by atoms with Gasteiger partial charge in [-0.2, -0.15) is 17.9 Å². The molecule has 1 aromatic heterocycles. The summed E-state index contributed by atoms with van der Waals surface area (Å²) >= 11 is 1.12. The third kappa shape index (κ3) is 6.96. The summed E-state index contributed by atoms with van der Waals surface area (Å²) in [4.78, 5) is 15.9. The number of aliphatic carboxylic acids is 1. The van der Waals surface area contributed by atoms with Crippen LogP contribution in [0, 0.1) is 0 Å². The van der Waals surface area contributed by atoms with E-state index in [1.54, 1.807) is 38.2 Å². The first kappa shape index (κ1) is 26.5. The minimum Gasteiger partial charge on any atom is -0.480 e. The van der Waals surface area contributed by atoms with Gasteiger partial charge in [-0.15, -0.1) is 0 Å². The lowest BCUT2D eigenvalue weighted by Gasteiger charge is -2.30. The highest BCUT2D eigenvalue weighted by Crippen LogP contribution is 2.35. The highest BCUT2D eigenvalue weighted by Gasteiger charge is 2.40. The van der Waals surface area contributed by atoms with Gasteiger partial charge in [-0.1, -0.05) is 17.8 Å². The fourth-order valence-corrected chi connectivity index (χ4v) is 5.47. The van der Waals surface area contributed by atoms with Crippen LogP contribution in [0.1, 0.15) is 19.4 Å². The lowest BCUT2D eigenvalue weighted by molar-refractivity contribution is -0.139. The van der Waals surface area contributed by atoms with E-state index in [-0.39, 0.29) is 16.4 Å². The number of thioether (sulfide) groups is 1. The van der Waals surface area contributed by atoms with E-state index in [9.17, 15) is 31.5 Å². The van der Waals surface area contributed by atoms with Crippen molar-refractivity contribution >= 4 is 27.8 Å². The van der Waals surface area contributed by atoms with E-state index in [0.717, 1.165) is 36.0 Å². The van der Waals surface area contributed by atoms with E-state index < -0.39 is 38.5 Å². The molecule has 0 spiro atoms. The monoisotopic (exact) mass is 526 g/mol. The maximum absolute atomic E-state index is 12.9. The summed E-state index contributed by atoms with van der Waals surface area (Å²) < 4.78 is 70.4. The minimum absolute atomic E-state index is 0.131. The summed E-state index contributed by atoms with van der Waals surface area (Å²) in [5, 5.41) is 10.3. The van der Waals surface area contributed by atoms with Crippen molar-refractivity contribution in [2.24, 2.45) is 0 Å². The van der Waals surface area contributed by atoms with Crippen molar-refractivity contribution in [2.45, 2.75) is 40.7 Å². The molecule has 0 aliphatic heterocycles. The highest BCUT2D eigenvalue weighted by atomic mass is 32.2. The summed E-state index contributed by atoms with van der Waals surface area (Å²) in [5.41, 5.74) is -0.825. The lowest BCUT2D eigenvalue weighted by atomic mass is 10.1. The number of nitrogens with one attached hydrogen (secondary N) is 1. The van der Waals surface area contributed by atoms with Crippen molar-refractivity contribution in [3.63, 3.8) is 0 Å². The van der Waals surface area contributed by atoms with Gasteiger partial charge in [0.15, 0.2) is 0 Å². The van der Waals surface area contributed by atoms with Gasteiger partial charge in [0.2, 0.25) is 10.0 Å². The molecule has 0 fully saturated rings. The first-order valence-corrected chi connectivity index (χ1v) is 12.4. The van der Waals surface area contributed by atoms with Crippen LogP contribution in [-0.2, 0) is 21.0 Å². The van der Waals surface area contributed by atoms with Gasteiger partial charge in [0.05, 0.1) is 15.5 Å². The second-order valence-corrected chi connectivity index (χ2v) is 11.3. The zero-order chi connectivity index (χ0) is 25.9. The van der Waals surface area contributed by atoms with Gasteiger partial charge in [-0.3, -0.25) is 4.79 Å². The molecule has 0 aliphatic rings. The molecule has 3 aromatic rings. The molecule has 1 heterocycles. The number of hydrogen-bond acceptors (Lipinski definition) is 6. The molecule has 7 nitrogen and oxygen atoms in total. The van der Waals surface area contributed by atoms with Crippen molar-refractivity contribution in [1.29, 1.82) is 0 Å². The maximum atomic E-state index is 12.9. The van der Waals surface area contributed by atoms with E-state index in [2.05, 4.69) is 9.71 Å². The van der Waals surface area contributed by atoms with E-state index in [1.165, 1.54) is 24.3 Å². The first-order valence-electron chi connectivity index (χ1n) is 10.1. The van der Waals surface area contributed by atoms with Crippen molar-refractivity contribution < 1.29 is 36.2 Å². The zero-order valence-electron chi connectivity index (χ0n) is 18.5. The van der Waals surface area contributed by atoms with Crippen LogP contribution in [0.15, 0.2) is 82.8 Å². The predicted molar refractivity (Wildman–Crippen MR) is 124 cm³/mol. The standard InChI is InChI=1S/C23H21F3N2O5S2/c1-22(2,34-19-5-3-4-14-27-19)20(21(29)30)28-35(31,32)18-12-10-17(11-13-18)33-16-8-6-15(7-9-16)23(24,25)26/h3-14,20,28H,1-2H3,(H,29,30)/t20-/m1/s1. The summed E-state index contributed by atoms with van der Waals surface area (Å²) in [7, 11) is -4.24. The predicted octanol–water partition coefficient (Wildman–Crippen LogP) is 5.20. The van der Waals surface area contributed by atoms with E-state index in [4.69, 9.17) is 4.74 Å². The molecule has 35 heavy (non-hydrogen) atoms. The Balaban J connectivity index is 1.74. The van der Waals surface area contributed by atoms with Crippen LogP contribution < -0.4 is 9.46 Å². The Hall–Kier alpha value is -3.09. The number of aromatic nitrogens is 1. The molecule has 2 aromatic carbocycles. The quantitative estimate of drug-likeness (QED) is 0.370. The van der Waals surface area contributed by atoms with Crippen molar-refractivity contribution in [3.8, 4) is 11.5 Å².